The van der Waals surface area contributed by atoms with Crippen molar-refractivity contribution in [2.75, 3.05) is 33.4 Å². The van der Waals surface area contributed by atoms with Gasteiger partial charge in [0.1, 0.15) is 19.3 Å². The van der Waals surface area contributed by atoms with Crippen LogP contribution in [0.25, 0.3) is 0 Å². The standard InChI is InChI=1S/C18H21N3O6S/c1-24-18-19-7-4-17(20-18)27-13-5-8-21(9-6-13)28(22,23)14-2-3-15-16(12-14)26-11-10-25-15/h2-4,7,12-13H,5-6,8-11H2,1H3. The highest BCUT2D eigenvalue weighted by atomic mass is 32.2. The summed E-state index contributed by atoms with van der Waals surface area (Å²) in [5.74, 6) is 1.45. The molecular formula is C18H21N3O6S. The van der Waals surface area contributed by atoms with E-state index in [1.807, 2.05) is 0 Å². The maximum Gasteiger partial charge on any atom is 0.319 e. The number of benzene rings is 1. The molecule has 1 fully saturated rings. The summed E-state index contributed by atoms with van der Waals surface area (Å²) in [5, 5.41) is 0. The van der Waals surface area contributed by atoms with Crippen molar-refractivity contribution in [2.45, 2.75) is 23.8 Å². The SMILES string of the molecule is COc1nccc(OC2CCN(S(=O)(=O)c3ccc4c(c3)OCCO4)CC2)n1. The fraction of sp³-hybridized carbons (Fsp3) is 0.444. The van der Waals surface area contributed by atoms with Crippen LogP contribution in [-0.4, -0.2) is 62.2 Å². The quantitative estimate of drug-likeness (QED) is 0.735. The van der Waals surface area contributed by atoms with Gasteiger partial charge in [0.25, 0.3) is 0 Å². The van der Waals surface area contributed by atoms with Crippen LogP contribution in [0, 0.1) is 0 Å². The van der Waals surface area contributed by atoms with Crippen LogP contribution in [0.5, 0.6) is 23.4 Å². The van der Waals surface area contributed by atoms with Crippen LogP contribution in [0.3, 0.4) is 0 Å². The smallest absolute Gasteiger partial charge is 0.319 e. The third-order valence-electron chi connectivity index (χ3n) is 4.63. The molecule has 2 aliphatic heterocycles. The third-order valence-corrected chi connectivity index (χ3v) is 6.52. The average molecular weight is 407 g/mol. The summed E-state index contributed by atoms with van der Waals surface area (Å²) in [7, 11) is -2.12. The fourth-order valence-corrected chi connectivity index (χ4v) is 4.67. The molecule has 3 heterocycles. The minimum atomic E-state index is -3.61. The lowest BCUT2D eigenvalue weighted by Crippen LogP contribution is -2.41. The highest BCUT2D eigenvalue weighted by molar-refractivity contribution is 7.89. The summed E-state index contributed by atoms with van der Waals surface area (Å²) < 4.78 is 49.2. The van der Waals surface area contributed by atoms with Gasteiger partial charge >= 0.3 is 6.01 Å². The number of aromatic nitrogens is 2. The van der Waals surface area contributed by atoms with E-state index in [9.17, 15) is 8.42 Å². The molecule has 1 aromatic carbocycles. The third kappa shape index (κ3) is 3.83. The molecule has 2 aromatic rings. The first-order chi connectivity index (χ1) is 13.6. The Hall–Kier alpha value is -2.59. The maximum absolute atomic E-state index is 13.0. The van der Waals surface area contributed by atoms with Crippen LogP contribution < -0.4 is 18.9 Å². The average Bonchev–Trinajstić information content (AvgIpc) is 2.74. The predicted octanol–water partition coefficient (Wildman–Crippen LogP) is 1.49. The number of methoxy groups -OCH3 is 1. The number of hydrogen-bond donors (Lipinski definition) is 0. The van der Waals surface area contributed by atoms with E-state index in [1.165, 1.54) is 17.5 Å². The van der Waals surface area contributed by atoms with E-state index < -0.39 is 10.0 Å². The van der Waals surface area contributed by atoms with Crippen molar-refractivity contribution in [1.82, 2.24) is 14.3 Å². The van der Waals surface area contributed by atoms with Gasteiger partial charge in [0.2, 0.25) is 15.9 Å². The van der Waals surface area contributed by atoms with Crippen LogP contribution in [0.2, 0.25) is 0 Å². The fourth-order valence-electron chi connectivity index (χ4n) is 3.18. The van der Waals surface area contributed by atoms with Gasteiger partial charge in [0, 0.05) is 31.4 Å². The number of sulfonamides is 1. The second kappa shape index (κ2) is 7.80. The highest BCUT2D eigenvalue weighted by Crippen LogP contribution is 2.33. The molecule has 0 saturated carbocycles. The molecule has 2 aliphatic rings. The van der Waals surface area contributed by atoms with Gasteiger partial charge in [0.05, 0.1) is 12.0 Å². The molecule has 0 bridgehead atoms. The highest BCUT2D eigenvalue weighted by Gasteiger charge is 2.31. The van der Waals surface area contributed by atoms with Crippen molar-refractivity contribution in [3.05, 3.63) is 30.5 Å². The molecule has 0 spiro atoms. The Balaban J connectivity index is 1.41. The summed E-state index contributed by atoms with van der Waals surface area (Å²) in [6.07, 6.45) is 2.57. The number of nitrogens with zero attached hydrogens (tertiary/aromatic N) is 3. The molecule has 4 rings (SSSR count). The van der Waals surface area contributed by atoms with Crippen molar-refractivity contribution in [1.29, 1.82) is 0 Å². The van der Waals surface area contributed by atoms with Crippen LogP contribution in [0.15, 0.2) is 35.4 Å². The van der Waals surface area contributed by atoms with Crippen molar-refractivity contribution in [3.63, 3.8) is 0 Å². The zero-order valence-corrected chi connectivity index (χ0v) is 16.2. The molecular weight excluding hydrogens is 386 g/mol. The Bertz CT molecular complexity index is 944. The monoisotopic (exact) mass is 407 g/mol. The van der Waals surface area contributed by atoms with Gasteiger partial charge in [-0.25, -0.2) is 13.4 Å². The minimum absolute atomic E-state index is 0.119. The lowest BCUT2D eigenvalue weighted by Gasteiger charge is -2.31. The number of fused-ring (bicyclic) bond motifs is 1. The Kier molecular flexibility index (Phi) is 5.23. The van der Waals surface area contributed by atoms with E-state index in [-0.39, 0.29) is 17.0 Å². The zero-order chi connectivity index (χ0) is 19.6. The van der Waals surface area contributed by atoms with E-state index in [0.29, 0.717) is 56.5 Å². The summed E-state index contributed by atoms with van der Waals surface area (Å²) in [4.78, 5) is 8.27. The van der Waals surface area contributed by atoms with Gasteiger partial charge in [-0.3, -0.25) is 0 Å². The molecule has 0 unspecified atom stereocenters. The number of hydrogen-bond acceptors (Lipinski definition) is 8. The van der Waals surface area contributed by atoms with Crippen LogP contribution in [-0.2, 0) is 10.0 Å². The molecule has 1 aromatic heterocycles. The van der Waals surface area contributed by atoms with Crippen molar-refractivity contribution < 1.29 is 27.4 Å². The Morgan fingerprint density at radius 2 is 1.86 bits per heavy atom. The second-order valence-electron chi connectivity index (χ2n) is 6.41. The van der Waals surface area contributed by atoms with E-state index >= 15 is 0 Å². The molecule has 0 N–H and O–H groups in total. The first-order valence-electron chi connectivity index (χ1n) is 9.00. The predicted molar refractivity (Wildman–Crippen MR) is 98.4 cm³/mol. The van der Waals surface area contributed by atoms with Gasteiger partial charge in [-0.2, -0.15) is 9.29 Å². The summed E-state index contributed by atoms with van der Waals surface area (Å²) in [6.45, 7) is 1.60. The van der Waals surface area contributed by atoms with Crippen LogP contribution in [0.4, 0.5) is 0 Å². The lowest BCUT2D eigenvalue weighted by atomic mass is 10.1. The topological polar surface area (TPSA) is 100 Å². The van der Waals surface area contributed by atoms with Gasteiger partial charge in [-0.05, 0) is 25.0 Å². The molecule has 1 saturated heterocycles. The molecule has 0 radical (unpaired) electrons. The molecule has 9 nitrogen and oxygen atoms in total. The van der Waals surface area contributed by atoms with E-state index in [2.05, 4.69) is 9.97 Å². The van der Waals surface area contributed by atoms with Crippen LogP contribution in [0.1, 0.15) is 12.8 Å². The van der Waals surface area contributed by atoms with Gasteiger partial charge in [-0.15, -0.1) is 0 Å². The Labute approximate surface area is 163 Å². The van der Waals surface area contributed by atoms with Crippen molar-refractivity contribution in [2.24, 2.45) is 0 Å². The van der Waals surface area contributed by atoms with Crippen LogP contribution >= 0.6 is 0 Å². The summed E-state index contributed by atoms with van der Waals surface area (Å²) in [5.41, 5.74) is 0. The maximum atomic E-state index is 13.0. The summed E-state index contributed by atoms with van der Waals surface area (Å²) in [6, 6.07) is 6.61. The molecule has 0 atom stereocenters. The van der Waals surface area contributed by atoms with Gasteiger partial charge < -0.3 is 18.9 Å². The first-order valence-corrected chi connectivity index (χ1v) is 10.4. The van der Waals surface area contributed by atoms with Crippen molar-refractivity contribution >= 4 is 10.0 Å². The van der Waals surface area contributed by atoms with E-state index in [4.69, 9.17) is 18.9 Å². The largest absolute Gasteiger partial charge is 0.486 e. The molecule has 150 valence electrons. The molecule has 10 heteroatoms. The minimum Gasteiger partial charge on any atom is -0.486 e. The molecule has 0 amide bonds. The lowest BCUT2D eigenvalue weighted by molar-refractivity contribution is 0.128. The number of piperidine rings is 1. The van der Waals surface area contributed by atoms with E-state index in [0.717, 1.165) is 0 Å². The summed E-state index contributed by atoms with van der Waals surface area (Å²) >= 11 is 0. The van der Waals surface area contributed by atoms with Gasteiger partial charge in [-0.1, -0.05) is 0 Å². The second-order valence-corrected chi connectivity index (χ2v) is 8.35. The Morgan fingerprint density at radius 3 is 2.61 bits per heavy atom. The van der Waals surface area contributed by atoms with Crippen molar-refractivity contribution in [3.8, 4) is 23.4 Å². The first kappa shape index (κ1) is 18.8. The molecule has 28 heavy (non-hydrogen) atoms. The zero-order valence-electron chi connectivity index (χ0n) is 15.4. The number of ether oxygens (including phenoxy) is 4. The normalized spacial score (nSPS) is 17.9. The van der Waals surface area contributed by atoms with E-state index in [1.54, 1.807) is 24.4 Å². The Morgan fingerprint density at radius 1 is 1.11 bits per heavy atom. The molecule has 0 aliphatic carbocycles. The number of rotatable bonds is 5. The van der Waals surface area contributed by atoms with Gasteiger partial charge in [0.15, 0.2) is 11.5 Å².